The van der Waals surface area contributed by atoms with Gasteiger partial charge in [0.2, 0.25) is 0 Å². The monoisotopic (exact) mass is 475 g/mol. The number of pyridine rings is 1. The van der Waals surface area contributed by atoms with Crippen molar-refractivity contribution in [1.82, 2.24) is 20.1 Å². The number of aromatic nitrogens is 3. The second-order valence-electron chi connectivity index (χ2n) is 8.49. The molecule has 2 amide bonds. The number of carbonyl (C=O) groups excluding carboxylic acids is 2. The van der Waals surface area contributed by atoms with E-state index in [1.54, 1.807) is 35.5 Å². The molecule has 1 atom stereocenters. The molecule has 4 heterocycles. The highest BCUT2D eigenvalue weighted by Gasteiger charge is 2.35. The molecule has 34 heavy (non-hydrogen) atoms. The third kappa shape index (κ3) is 3.71. The molecular weight excluding hydrogens is 450 g/mol. The lowest BCUT2D eigenvalue weighted by Crippen LogP contribution is -2.50. The van der Waals surface area contributed by atoms with Crippen molar-refractivity contribution in [3.8, 4) is 16.3 Å². The lowest BCUT2D eigenvalue weighted by molar-refractivity contribution is -0.127. The number of rotatable bonds is 4. The molecular formula is C25H25N5O3S. The zero-order valence-corrected chi connectivity index (χ0v) is 20.2. The smallest absolute Gasteiger partial charge is 0.262 e. The third-order valence-electron chi connectivity index (χ3n) is 5.84. The van der Waals surface area contributed by atoms with Gasteiger partial charge in [-0.1, -0.05) is 12.1 Å². The molecule has 8 nitrogen and oxygen atoms in total. The summed E-state index contributed by atoms with van der Waals surface area (Å²) in [6, 6.07) is 13.2. The van der Waals surface area contributed by atoms with Crippen molar-refractivity contribution in [1.29, 1.82) is 0 Å². The van der Waals surface area contributed by atoms with Crippen LogP contribution in [0.3, 0.4) is 0 Å². The van der Waals surface area contributed by atoms with Gasteiger partial charge in [-0.3, -0.25) is 9.59 Å². The van der Waals surface area contributed by atoms with E-state index in [0.717, 1.165) is 15.4 Å². The van der Waals surface area contributed by atoms with Gasteiger partial charge in [0, 0.05) is 18.0 Å². The molecule has 5 rings (SSSR count). The van der Waals surface area contributed by atoms with Crippen LogP contribution in [0.5, 0.6) is 5.75 Å². The van der Waals surface area contributed by atoms with Crippen LogP contribution in [0.1, 0.15) is 35.1 Å². The highest BCUT2D eigenvalue weighted by Crippen LogP contribution is 2.36. The molecule has 9 heteroatoms. The second-order valence-corrected chi connectivity index (χ2v) is 9.78. The maximum absolute atomic E-state index is 14.1. The van der Waals surface area contributed by atoms with E-state index in [1.807, 2.05) is 61.9 Å². The van der Waals surface area contributed by atoms with Crippen molar-refractivity contribution >= 4 is 39.9 Å². The lowest BCUT2D eigenvalue weighted by atomic mass is 10.1. The molecule has 1 aliphatic rings. The van der Waals surface area contributed by atoms with E-state index in [2.05, 4.69) is 10.4 Å². The van der Waals surface area contributed by atoms with E-state index >= 15 is 0 Å². The molecule has 0 aliphatic carbocycles. The van der Waals surface area contributed by atoms with E-state index in [0.29, 0.717) is 28.0 Å². The van der Waals surface area contributed by atoms with Crippen molar-refractivity contribution < 1.29 is 14.3 Å². The second kappa shape index (κ2) is 8.57. The molecule has 1 N–H and O–H groups in total. The van der Waals surface area contributed by atoms with Crippen LogP contribution in [0.25, 0.3) is 21.6 Å². The first-order valence-electron chi connectivity index (χ1n) is 11.1. The maximum Gasteiger partial charge on any atom is 0.262 e. The van der Waals surface area contributed by atoms with E-state index in [-0.39, 0.29) is 24.4 Å². The van der Waals surface area contributed by atoms with Gasteiger partial charge >= 0.3 is 0 Å². The topological polar surface area (TPSA) is 89.4 Å². The van der Waals surface area contributed by atoms with Gasteiger partial charge < -0.3 is 15.0 Å². The summed E-state index contributed by atoms with van der Waals surface area (Å²) in [7, 11) is 1.56. The molecule has 174 valence electrons. The largest absolute Gasteiger partial charge is 0.477 e. The molecule has 0 saturated carbocycles. The van der Waals surface area contributed by atoms with Gasteiger partial charge in [0.15, 0.2) is 11.8 Å². The molecule has 0 unspecified atom stereocenters. The lowest BCUT2D eigenvalue weighted by Gasteiger charge is -2.34. The van der Waals surface area contributed by atoms with Gasteiger partial charge in [0.25, 0.3) is 11.8 Å². The summed E-state index contributed by atoms with van der Waals surface area (Å²) < 4.78 is 7.72. The summed E-state index contributed by atoms with van der Waals surface area (Å²) >= 11 is 1.63. The fraction of sp³-hybridized carbons (Fsp3) is 0.280. The summed E-state index contributed by atoms with van der Waals surface area (Å²) in [4.78, 5) is 35.1. The predicted octanol–water partition coefficient (Wildman–Crippen LogP) is 4.20. The number of para-hydroxylation sites is 2. The van der Waals surface area contributed by atoms with E-state index < -0.39 is 6.10 Å². The van der Waals surface area contributed by atoms with Gasteiger partial charge in [-0.05, 0) is 51.1 Å². The van der Waals surface area contributed by atoms with Gasteiger partial charge in [-0.15, -0.1) is 11.3 Å². The first kappa shape index (κ1) is 22.1. The van der Waals surface area contributed by atoms with Crippen LogP contribution in [-0.4, -0.2) is 46.3 Å². The predicted molar refractivity (Wildman–Crippen MR) is 133 cm³/mol. The van der Waals surface area contributed by atoms with Crippen LogP contribution in [0.15, 0.2) is 48.7 Å². The summed E-state index contributed by atoms with van der Waals surface area (Å²) in [5, 5.41) is 7.82. The first-order valence-corrected chi connectivity index (χ1v) is 11.9. The van der Waals surface area contributed by atoms with E-state index in [1.165, 1.54) is 0 Å². The zero-order chi connectivity index (χ0) is 24.0. The average molecular weight is 476 g/mol. The molecule has 0 fully saturated rings. The Morgan fingerprint density at radius 2 is 2.00 bits per heavy atom. The van der Waals surface area contributed by atoms with Crippen LogP contribution >= 0.6 is 11.3 Å². The molecule has 1 aliphatic heterocycles. The quantitative estimate of drug-likeness (QED) is 0.478. The number of thiophene rings is 1. The number of nitrogens with zero attached hydrogens (tertiary/aromatic N) is 4. The number of anilines is 1. The molecule has 3 aromatic heterocycles. The molecule has 0 saturated heterocycles. The van der Waals surface area contributed by atoms with Crippen LogP contribution in [0, 0.1) is 6.92 Å². The fourth-order valence-electron chi connectivity index (χ4n) is 4.14. The number of hydrogen-bond acceptors (Lipinski definition) is 6. The fourth-order valence-corrected chi connectivity index (χ4v) is 4.97. The van der Waals surface area contributed by atoms with E-state index in [9.17, 15) is 9.59 Å². The standard InChI is InChI=1S/C25H25N5O3S/c1-14(2)30-23-17(12-27-30)16(11-18(28-23)22-10-9-15(3)34-22)25(32)29-13-21(24(31)26-4)33-20-8-6-5-7-19(20)29/h5-12,14,21H,13H2,1-4H3,(H,26,31)/t21-/m0/s1. The average Bonchev–Trinajstić information content (AvgIpc) is 3.48. The Morgan fingerprint density at radius 1 is 1.21 bits per heavy atom. The molecule has 0 radical (unpaired) electrons. The van der Waals surface area contributed by atoms with Crippen LogP contribution in [0.2, 0.25) is 0 Å². The van der Waals surface area contributed by atoms with Crippen molar-refractivity contribution in [2.75, 3.05) is 18.5 Å². The molecule has 4 aromatic rings. The highest BCUT2D eigenvalue weighted by molar-refractivity contribution is 7.15. The zero-order valence-electron chi connectivity index (χ0n) is 19.4. The number of carbonyl (C=O) groups is 2. The highest BCUT2D eigenvalue weighted by atomic mass is 32.1. The van der Waals surface area contributed by atoms with Gasteiger partial charge in [-0.25, -0.2) is 9.67 Å². The number of hydrogen-bond donors (Lipinski definition) is 1. The van der Waals surface area contributed by atoms with Crippen molar-refractivity contribution in [3.63, 3.8) is 0 Å². The number of benzene rings is 1. The Kier molecular flexibility index (Phi) is 5.57. The normalized spacial score (nSPS) is 15.3. The summed E-state index contributed by atoms with van der Waals surface area (Å²) in [5.41, 5.74) is 2.50. The number of aryl methyl sites for hydroxylation is 1. The maximum atomic E-state index is 14.1. The van der Waals surface area contributed by atoms with Crippen LogP contribution < -0.4 is 15.0 Å². The summed E-state index contributed by atoms with van der Waals surface area (Å²) in [6.07, 6.45) is 0.890. The number of amides is 2. The van der Waals surface area contributed by atoms with Crippen molar-refractivity contribution in [3.05, 3.63) is 59.1 Å². The SMILES string of the molecule is CNC(=O)[C@@H]1CN(C(=O)c2cc(-c3ccc(C)s3)nc3c2cnn3C(C)C)c2ccccc2O1. The van der Waals surface area contributed by atoms with E-state index in [4.69, 9.17) is 9.72 Å². The minimum Gasteiger partial charge on any atom is -0.477 e. The van der Waals surface area contributed by atoms with Crippen molar-refractivity contribution in [2.45, 2.75) is 32.9 Å². The summed E-state index contributed by atoms with van der Waals surface area (Å²) in [6.45, 7) is 6.21. The Bertz CT molecular complexity index is 1410. The Labute approximate surface area is 201 Å². The van der Waals surface area contributed by atoms with Crippen LogP contribution in [0.4, 0.5) is 5.69 Å². The Balaban J connectivity index is 1.67. The van der Waals surface area contributed by atoms with Gasteiger partial charge in [0.05, 0.1) is 39.9 Å². The third-order valence-corrected chi connectivity index (χ3v) is 6.86. The molecule has 0 spiro atoms. The molecule has 1 aromatic carbocycles. The van der Waals surface area contributed by atoms with Gasteiger partial charge in [-0.2, -0.15) is 5.10 Å². The van der Waals surface area contributed by atoms with Gasteiger partial charge in [0.1, 0.15) is 5.75 Å². The minimum absolute atomic E-state index is 0.0787. The summed E-state index contributed by atoms with van der Waals surface area (Å²) in [5.74, 6) is -0.0163. The molecule has 0 bridgehead atoms. The van der Waals surface area contributed by atoms with Crippen molar-refractivity contribution in [2.24, 2.45) is 0 Å². The minimum atomic E-state index is -0.806. The Morgan fingerprint density at radius 3 is 2.71 bits per heavy atom. The number of fused-ring (bicyclic) bond motifs is 2. The number of nitrogens with one attached hydrogen (secondary N) is 1. The Hall–Kier alpha value is -3.72. The first-order chi connectivity index (χ1) is 16.4. The number of ether oxygens (including phenoxy) is 1. The van der Waals surface area contributed by atoms with Crippen LogP contribution in [-0.2, 0) is 4.79 Å². The number of likely N-dealkylation sites (N-methyl/N-ethyl adjacent to an activating group) is 1.